The van der Waals surface area contributed by atoms with Crippen molar-refractivity contribution in [2.24, 2.45) is 11.3 Å². The van der Waals surface area contributed by atoms with Crippen LogP contribution in [0.25, 0.3) is 0 Å². The van der Waals surface area contributed by atoms with Crippen LogP contribution in [-0.2, 0) is 0 Å². The molecule has 2 rings (SSSR count). The zero-order chi connectivity index (χ0) is 13.4. The number of hydrogen-bond acceptors (Lipinski definition) is 2. The summed E-state index contributed by atoms with van der Waals surface area (Å²) in [5.41, 5.74) is 0.697. The molecule has 0 aromatic carbocycles. The summed E-state index contributed by atoms with van der Waals surface area (Å²) >= 11 is 0. The highest BCUT2D eigenvalue weighted by atomic mass is 15.3. The molecule has 104 valence electrons. The van der Waals surface area contributed by atoms with Gasteiger partial charge in [0.25, 0.3) is 0 Å². The first-order valence-corrected chi connectivity index (χ1v) is 7.47. The smallest absolute Gasteiger partial charge is 0.0309 e. The van der Waals surface area contributed by atoms with Gasteiger partial charge in [0.15, 0.2) is 0 Å². The predicted octanol–water partition coefficient (Wildman–Crippen LogP) is 3.05. The Bertz CT molecular complexity index is 312. The zero-order valence-electron chi connectivity index (χ0n) is 12.8. The van der Waals surface area contributed by atoms with Gasteiger partial charge >= 0.3 is 0 Å². The van der Waals surface area contributed by atoms with Crippen molar-refractivity contribution in [2.45, 2.75) is 59.0 Å². The molecule has 0 aromatic rings. The van der Waals surface area contributed by atoms with E-state index in [1.165, 1.54) is 19.4 Å². The number of piperazine rings is 1. The van der Waals surface area contributed by atoms with E-state index in [0.717, 1.165) is 19.0 Å². The molecule has 1 aliphatic heterocycles. The van der Waals surface area contributed by atoms with Crippen LogP contribution in [0.1, 0.15) is 47.5 Å². The average molecular weight is 250 g/mol. The molecule has 2 heteroatoms. The van der Waals surface area contributed by atoms with Crippen LogP contribution in [0.15, 0.2) is 12.2 Å². The van der Waals surface area contributed by atoms with Crippen LogP contribution in [0.2, 0.25) is 0 Å². The molecule has 0 spiro atoms. The van der Waals surface area contributed by atoms with E-state index in [1.54, 1.807) is 0 Å². The second-order valence-corrected chi connectivity index (χ2v) is 7.45. The van der Waals surface area contributed by atoms with Crippen molar-refractivity contribution in [1.82, 2.24) is 10.2 Å². The summed E-state index contributed by atoms with van der Waals surface area (Å²) in [6, 6.07) is 0.639. The third-order valence-electron chi connectivity index (χ3n) is 4.73. The van der Waals surface area contributed by atoms with E-state index < -0.39 is 0 Å². The summed E-state index contributed by atoms with van der Waals surface area (Å²) in [6.07, 6.45) is 7.32. The fourth-order valence-corrected chi connectivity index (χ4v) is 3.33. The van der Waals surface area contributed by atoms with Crippen molar-refractivity contribution in [3.63, 3.8) is 0 Å². The van der Waals surface area contributed by atoms with E-state index in [2.05, 4.69) is 57.0 Å². The lowest BCUT2D eigenvalue weighted by Gasteiger charge is -2.50. The molecule has 2 nitrogen and oxygen atoms in total. The molecule has 2 fully saturated rings. The van der Waals surface area contributed by atoms with Crippen molar-refractivity contribution in [3.8, 4) is 0 Å². The summed E-state index contributed by atoms with van der Waals surface area (Å²) in [5, 5.41) is 3.85. The van der Waals surface area contributed by atoms with E-state index >= 15 is 0 Å². The maximum atomic E-state index is 3.85. The van der Waals surface area contributed by atoms with E-state index in [0.29, 0.717) is 17.0 Å². The van der Waals surface area contributed by atoms with Crippen molar-refractivity contribution >= 4 is 0 Å². The number of rotatable bonds is 3. The van der Waals surface area contributed by atoms with Crippen LogP contribution < -0.4 is 5.32 Å². The van der Waals surface area contributed by atoms with Crippen LogP contribution in [-0.4, -0.2) is 36.1 Å². The molecule has 1 saturated heterocycles. The molecule has 1 aliphatic carbocycles. The zero-order valence-corrected chi connectivity index (χ0v) is 12.8. The van der Waals surface area contributed by atoms with Gasteiger partial charge in [0.05, 0.1) is 0 Å². The summed E-state index contributed by atoms with van der Waals surface area (Å²) in [5.74, 6) is 0.909. The van der Waals surface area contributed by atoms with Gasteiger partial charge in [0.1, 0.15) is 0 Å². The molecule has 0 radical (unpaired) electrons. The van der Waals surface area contributed by atoms with Crippen LogP contribution in [0.4, 0.5) is 0 Å². The highest BCUT2D eigenvalue weighted by Gasteiger charge is 2.47. The molecule has 18 heavy (non-hydrogen) atoms. The van der Waals surface area contributed by atoms with Gasteiger partial charge in [-0.25, -0.2) is 0 Å². The van der Waals surface area contributed by atoms with Crippen LogP contribution in [0, 0.1) is 11.3 Å². The third kappa shape index (κ3) is 2.97. The Morgan fingerprint density at radius 3 is 2.50 bits per heavy atom. The second-order valence-electron chi connectivity index (χ2n) is 7.45. The predicted molar refractivity (Wildman–Crippen MR) is 78.8 cm³/mol. The summed E-state index contributed by atoms with van der Waals surface area (Å²) in [4.78, 5) is 2.69. The molecule has 0 bridgehead atoms. The number of nitrogens with one attached hydrogen (secondary N) is 1. The van der Waals surface area contributed by atoms with Gasteiger partial charge in [-0.15, -0.1) is 0 Å². The summed E-state index contributed by atoms with van der Waals surface area (Å²) in [6.45, 7) is 15.1. The molecule has 1 heterocycles. The van der Waals surface area contributed by atoms with Gasteiger partial charge in [-0.2, -0.15) is 0 Å². The van der Waals surface area contributed by atoms with Gasteiger partial charge in [-0.1, -0.05) is 32.9 Å². The van der Waals surface area contributed by atoms with Crippen LogP contribution in [0.5, 0.6) is 0 Å². The number of hydrogen-bond donors (Lipinski definition) is 1. The summed E-state index contributed by atoms with van der Waals surface area (Å²) < 4.78 is 0. The highest BCUT2D eigenvalue weighted by Crippen LogP contribution is 2.42. The third-order valence-corrected chi connectivity index (χ3v) is 4.73. The van der Waals surface area contributed by atoms with Gasteiger partial charge < -0.3 is 5.32 Å². The number of allylic oxidation sites excluding steroid dienone is 1. The summed E-state index contributed by atoms with van der Waals surface area (Å²) in [7, 11) is 0. The molecule has 2 atom stereocenters. The maximum Gasteiger partial charge on any atom is 0.0309 e. The fraction of sp³-hybridized carbons (Fsp3) is 0.875. The lowest BCUT2D eigenvalue weighted by Crippen LogP contribution is -2.66. The topological polar surface area (TPSA) is 15.3 Å². The maximum absolute atomic E-state index is 3.85. The lowest BCUT2D eigenvalue weighted by molar-refractivity contribution is 0.0289. The van der Waals surface area contributed by atoms with Crippen LogP contribution >= 0.6 is 0 Å². The Balaban J connectivity index is 2.09. The molecule has 0 aromatic heterocycles. The minimum absolute atomic E-state index is 0.347. The molecule has 0 amide bonds. The van der Waals surface area contributed by atoms with Crippen molar-refractivity contribution in [3.05, 3.63) is 12.2 Å². The molecule has 2 unspecified atom stereocenters. The van der Waals surface area contributed by atoms with Crippen molar-refractivity contribution < 1.29 is 0 Å². The Morgan fingerprint density at radius 2 is 2.00 bits per heavy atom. The molecular weight excluding hydrogens is 220 g/mol. The molecular formula is C16H30N2. The van der Waals surface area contributed by atoms with Gasteiger partial charge in [-0.05, 0) is 38.0 Å². The lowest BCUT2D eigenvalue weighted by atomic mass is 9.80. The first-order valence-electron chi connectivity index (χ1n) is 7.47. The molecule has 2 aliphatic rings. The van der Waals surface area contributed by atoms with Gasteiger partial charge in [0.2, 0.25) is 0 Å². The van der Waals surface area contributed by atoms with Gasteiger partial charge in [0, 0.05) is 31.2 Å². The van der Waals surface area contributed by atoms with Crippen molar-refractivity contribution in [2.75, 3.05) is 19.6 Å². The van der Waals surface area contributed by atoms with Crippen LogP contribution in [0.3, 0.4) is 0 Å². The molecule has 1 N–H and O–H groups in total. The van der Waals surface area contributed by atoms with E-state index in [-0.39, 0.29) is 0 Å². The first kappa shape index (κ1) is 14.1. The Morgan fingerprint density at radius 1 is 1.33 bits per heavy atom. The Hall–Kier alpha value is -0.340. The van der Waals surface area contributed by atoms with E-state index in [1.807, 2.05) is 0 Å². The first-order chi connectivity index (χ1) is 8.37. The number of nitrogens with zero attached hydrogens (tertiary/aromatic N) is 1. The largest absolute Gasteiger partial charge is 0.308 e. The molecule has 1 saturated carbocycles. The van der Waals surface area contributed by atoms with E-state index in [9.17, 15) is 0 Å². The SMILES string of the molecule is C/C=C/CN1CC(C)(C2CC2)NCC1C(C)(C)C. The fourth-order valence-electron chi connectivity index (χ4n) is 3.33. The monoisotopic (exact) mass is 250 g/mol. The average Bonchev–Trinajstić information content (AvgIpc) is 3.08. The highest BCUT2D eigenvalue weighted by molar-refractivity contribution is 5.06. The Labute approximate surface area is 113 Å². The minimum atomic E-state index is 0.347. The van der Waals surface area contributed by atoms with Crippen molar-refractivity contribution in [1.29, 1.82) is 0 Å². The second kappa shape index (κ2) is 4.97. The van der Waals surface area contributed by atoms with Gasteiger partial charge in [-0.3, -0.25) is 4.90 Å². The standard InChI is InChI=1S/C16H30N2/c1-6-7-10-18-12-16(5,13-8-9-13)17-11-14(18)15(2,3)4/h6-7,13-14,17H,8-12H2,1-5H3/b7-6+. The quantitative estimate of drug-likeness (QED) is 0.775. The van der Waals surface area contributed by atoms with E-state index in [4.69, 9.17) is 0 Å². The Kier molecular flexibility index (Phi) is 3.89. The minimum Gasteiger partial charge on any atom is -0.308 e. The normalized spacial score (nSPS) is 35.3.